The van der Waals surface area contributed by atoms with Gasteiger partial charge in [0.15, 0.2) is 29.1 Å². The predicted molar refractivity (Wildman–Crippen MR) is 300 cm³/mol. The van der Waals surface area contributed by atoms with Crippen LogP contribution in [0.15, 0.2) is 255 Å². The lowest BCUT2D eigenvalue weighted by atomic mass is 9.98. The van der Waals surface area contributed by atoms with Crippen LogP contribution in [0.5, 0.6) is 0 Å². The Hall–Kier alpha value is -10.2. The molecule has 8 nitrogen and oxygen atoms in total. The Kier molecular flexibility index (Phi) is 10.3. The summed E-state index contributed by atoms with van der Waals surface area (Å²) in [6.07, 6.45) is 0. The van der Waals surface area contributed by atoms with E-state index >= 15 is 0 Å². The molecule has 74 heavy (non-hydrogen) atoms. The summed E-state index contributed by atoms with van der Waals surface area (Å²) in [6.45, 7) is 0. The second-order valence-electron chi connectivity index (χ2n) is 18.3. The molecule has 346 valence electrons. The van der Waals surface area contributed by atoms with Crippen LogP contribution < -0.4 is 0 Å². The first kappa shape index (κ1) is 42.7. The van der Waals surface area contributed by atoms with Crippen molar-refractivity contribution in [3.63, 3.8) is 0 Å². The van der Waals surface area contributed by atoms with Crippen LogP contribution in [0.3, 0.4) is 0 Å². The van der Waals surface area contributed by atoms with Gasteiger partial charge in [-0.25, -0.2) is 19.9 Å². The van der Waals surface area contributed by atoms with Gasteiger partial charge in [-0.3, -0.25) is 4.57 Å². The third kappa shape index (κ3) is 7.48. The molecule has 10 aromatic carbocycles. The molecule has 14 rings (SSSR count). The van der Waals surface area contributed by atoms with Crippen LogP contribution in [0.4, 0.5) is 0 Å². The Morgan fingerprint density at radius 3 is 1.05 bits per heavy atom. The van der Waals surface area contributed by atoms with E-state index in [1.165, 1.54) is 5.56 Å². The van der Waals surface area contributed by atoms with Crippen LogP contribution in [0, 0.1) is 0 Å². The second kappa shape index (κ2) is 17.9. The molecule has 14 aromatic rings. The summed E-state index contributed by atoms with van der Waals surface area (Å²) < 4.78 is 4.61. The molecule has 4 aromatic heterocycles. The van der Waals surface area contributed by atoms with Crippen LogP contribution in [0.25, 0.3) is 134 Å². The van der Waals surface area contributed by atoms with E-state index in [0.29, 0.717) is 35.1 Å². The largest absolute Gasteiger partial charge is 0.307 e. The van der Waals surface area contributed by atoms with Gasteiger partial charge < -0.3 is 4.57 Å². The molecular weight excluding hydrogens is 905 g/mol. The van der Waals surface area contributed by atoms with Crippen LogP contribution >= 0.6 is 0 Å². The van der Waals surface area contributed by atoms with Gasteiger partial charge in [0.05, 0.1) is 22.1 Å². The van der Waals surface area contributed by atoms with E-state index in [-0.39, 0.29) is 0 Å². The van der Waals surface area contributed by atoms with Gasteiger partial charge in [0.2, 0.25) is 5.95 Å². The molecule has 0 spiro atoms. The number of aromatic nitrogens is 8. The number of rotatable bonds is 9. The summed E-state index contributed by atoms with van der Waals surface area (Å²) in [4.78, 5) is 31.1. The zero-order valence-electron chi connectivity index (χ0n) is 39.8. The first-order valence-electron chi connectivity index (χ1n) is 24.7. The maximum Gasteiger partial charge on any atom is 0.238 e. The standard InChI is InChI=1S/C66H42N8/c1-5-19-43(20-6-1)48-27-17-28-49(41-48)50-29-18-30-51(42-50)65-70-64(46-25-11-4-12-26-46)71-66(72-65)74-58-34-16-14-32-54(58)56-40-39-55-53-31-13-15-33-57(53)73(59(55)60(56)74)52-37-35-47(36-38-52)63-68-61(44-21-7-2-8-22-44)67-62(69-63)45-23-9-3-10-24-45/h1-42H. The van der Waals surface area contributed by atoms with E-state index in [0.717, 1.165) is 93.8 Å². The highest BCUT2D eigenvalue weighted by atomic mass is 15.2. The van der Waals surface area contributed by atoms with E-state index in [4.69, 9.17) is 29.9 Å². The van der Waals surface area contributed by atoms with Crippen molar-refractivity contribution in [3.05, 3.63) is 255 Å². The molecule has 0 saturated carbocycles. The third-order valence-corrected chi connectivity index (χ3v) is 13.8. The van der Waals surface area contributed by atoms with E-state index in [1.807, 2.05) is 84.9 Å². The topological polar surface area (TPSA) is 87.2 Å². The van der Waals surface area contributed by atoms with Gasteiger partial charge in [-0.2, -0.15) is 9.97 Å². The van der Waals surface area contributed by atoms with Gasteiger partial charge >= 0.3 is 0 Å². The molecule has 8 heteroatoms. The lowest BCUT2D eigenvalue weighted by Crippen LogP contribution is -2.07. The van der Waals surface area contributed by atoms with Crippen molar-refractivity contribution in [1.29, 1.82) is 0 Å². The molecule has 0 fully saturated rings. The number of para-hydroxylation sites is 2. The molecule has 0 amide bonds. The van der Waals surface area contributed by atoms with Crippen molar-refractivity contribution < 1.29 is 0 Å². The highest BCUT2D eigenvalue weighted by Crippen LogP contribution is 2.42. The van der Waals surface area contributed by atoms with Gasteiger partial charge in [-0.15, -0.1) is 0 Å². The average molecular weight is 947 g/mol. The minimum atomic E-state index is 0.523. The van der Waals surface area contributed by atoms with Crippen LogP contribution in [-0.4, -0.2) is 39.0 Å². The van der Waals surface area contributed by atoms with Gasteiger partial charge in [-0.05, 0) is 70.8 Å². The van der Waals surface area contributed by atoms with Crippen molar-refractivity contribution in [2.75, 3.05) is 0 Å². The van der Waals surface area contributed by atoms with E-state index in [9.17, 15) is 0 Å². The maximum absolute atomic E-state index is 5.45. The summed E-state index contributed by atoms with van der Waals surface area (Å²) in [7, 11) is 0. The zero-order chi connectivity index (χ0) is 49.0. The number of hydrogen-bond acceptors (Lipinski definition) is 6. The summed E-state index contributed by atoms with van der Waals surface area (Å²) in [5, 5.41) is 4.43. The van der Waals surface area contributed by atoms with Gasteiger partial charge in [0, 0.05) is 55.0 Å². The second-order valence-corrected chi connectivity index (χ2v) is 18.3. The first-order chi connectivity index (χ1) is 36.7. The fourth-order valence-electron chi connectivity index (χ4n) is 10.3. The van der Waals surface area contributed by atoms with Crippen LogP contribution in [0.2, 0.25) is 0 Å². The van der Waals surface area contributed by atoms with E-state index < -0.39 is 0 Å². The summed E-state index contributed by atoms with van der Waals surface area (Å²) in [6, 6.07) is 88.3. The van der Waals surface area contributed by atoms with E-state index in [1.54, 1.807) is 0 Å². The van der Waals surface area contributed by atoms with Crippen LogP contribution in [-0.2, 0) is 0 Å². The quantitative estimate of drug-likeness (QED) is 0.143. The number of hydrogen-bond donors (Lipinski definition) is 0. The molecule has 0 saturated heterocycles. The fourth-order valence-corrected chi connectivity index (χ4v) is 10.3. The number of fused-ring (bicyclic) bond motifs is 7. The highest BCUT2D eigenvalue weighted by Gasteiger charge is 2.24. The minimum absolute atomic E-state index is 0.523. The number of benzene rings is 10. The van der Waals surface area contributed by atoms with Crippen molar-refractivity contribution in [3.8, 4) is 90.8 Å². The fraction of sp³-hybridized carbons (Fsp3) is 0. The van der Waals surface area contributed by atoms with Crippen molar-refractivity contribution in [1.82, 2.24) is 39.0 Å². The third-order valence-electron chi connectivity index (χ3n) is 13.8. The van der Waals surface area contributed by atoms with E-state index in [2.05, 4.69) is 179 Å². The van der Waals surface area contributed by atoms with Crippen molar-refractivity contribution >= 4 is 43.6 Å². The first-order valence-corrected chi connectivity index (χ1v) is 24.7. The SMILES string of the molecule is c1ccc(-c2cccc(-c3cccc(-c4nc(-c5ccccc5)nc(-n5c6ccccc6c6ccc7c8ccccc8n(-c8ccc(-c9nc(-c%10ccccc%10)nc(-c%10ccccc%10)n9)cc8)c7c65)n4)c3)c2)cc1. The molecule has 0 unspecified atom stereocenters. The smallest absolute Gasteiger partial charge is 0.238 e. The molecule has 0 bridgehead atoms. The van der Waals surface area contributed by atoms with Crippen molar-refractivity contribution in [2.45, 2.75) is 0 Å². The Morgan fingerprint density at radius 2 is 0.554 bits per heavy atom. The van der Waals surface area contributed by atoms with Gasteiger partial charge in [0.25, 0.3) is 0 Å². The Morgan fingerprint density at radius 1 is 0.216 bits per heavy atom. The normalized spacial score (nSPS) is 11.5. The molecule has 4 heterocycles. The minimum Gasteiger partial charge on any atom is -0.307 e. The molecule has 0 atom stereocenters. The summed E-state index contributed by atoms with van der Waals surface area (Å²) in [5.74, 6) is 3.52. The Labute approximate surface area is 426 Å². The lowest BCUT2D eigenvalue weighted by Gasteiger charge is -2.14. The zero-order valence-corrected chi connectivity index (χ0v) is 39.8. The summed E-state index contributed by atoms with van der Waals surface area (Å²) in [5.41, 5.74) is 14.1. The molecular formula is C66H42N8. The average Bonchev–Trinajstić information content (AvgIpc) is 4.02. The Balaban J connectivity index is 0.968. The molecule has 0 aliphatic rings. The molecule has 0 aliphatic carbocycles. The number of nitrogens with zero attached hydrogens (tertiary/aromatic N) is 8. The lowest BCUT2D eigenvalue weighted by molar-refractivity contribution is 0.953. The Bertz CT molecular complexity index is 4340. The van der Waals surface area contributed by atoms with Gasteiger partial charge in [-0.1, -0.05) is 206 Å². The van der Waals surface area contributed by atoms with Crippen molar-refractivity contribution in [2.24, 2.45) is 0 Å². The maximum atomic E-state index is 5.45. The van der Waals surface area contributed by atoms with Gasteiger partial charge in [0.1, 0.15) is 0 Å². The molecule has 0 radical (unpaired) electrons. The molecule has 0 aliphatic heterocycles. The monoisotopic (exact) mass is 946 g/mol. The predicted octanol–water partition coefficient (Wildman–Crippen LogP) is 15.9. The summed E-state index contributed by atoms with van der Waals surface area (Å²) >= 11 is 0. The van der Waals surface area contributed by atoms with Crippen LogP contribution in [0.1, 0.15) is 0 Å². The highest BCUT2D eigenvalue weighted by molar-refractivity contribution is 6.23. The molecule has 0 N–H and O–H groups in total.